The number of amides is 3. The van der Waals surface area contributed by atoms with Gasteiger partial charge in [0.25, 0.3) is 0 Å². The molecule has 186 valence electrons. The minimum absolute atomic E-state index is 0.153. The molecule has 3 atom stereocenters. The fourth-order valence-electron chi connectivity index (χ4n) is 3.77. The third-order valence-electron chi connectivity index (χ3n) is 5.53. The number of aliphatic carboxylic acids is 2. The molecule has 0 bridgehead atoms. The van der Waals surface area contributed by atoms with Crippen LogP contribution in [0.15, 0.2) is 24.3 Å². The molecule has 1 aromatic carbocycles. The monoisotopic (exact) mass is 478 g/mol. The topological polar surface area (TPSA) is 188 Å². The summed E-state index contributed by atoms with van der Waals surface area (Å²) in [4.78, 5) is 61.7. The molecule has 0 aliphatic carbocycles. The van der Waals surface area contributed by atoms with Crippen molar-refractivity contribution in [1.29, 1.82) is 0 Å². The Labute approximate surface area is 196 Å². The molecule has 12 heteroatoms. The van der Waals surface area contributed by atoms with Crippen LogP contribution < -0.4 is 21.3 Å². The number of alkyl carbamates (subject to hydrolysis) is 1. The maximum Gasteiger partial charge on any atom is 0.407 e. The maximum atomic E-state index is 12.9. The zero-order valence-electron chi connectivity index (χ0n) is 18.9. The lowest BCUT2D eigenvalue weighted by molar-refractivity contribution is -0.143. The number of methoxy groups -OCH3 is 1. The highest BCUT2D eigenvalue weighted by Crippen LogP contribution is 2.33. The molecular formula is C22H30N4O8. The van der Waals surface area contributed by atoms with Gasteiger partial charge in [-0.2, -0.15) is 0 Å². The minimum atomic E-state index is -1.42. The predicted molar refractivity (Wildman–Crippen MR) is 120 cm³/mol. The van der Waals surface area contributed by atoms with Crippen molar-refractivity contribution in [2.24, 2.45) is 5.73 Å². The number of rotatable bonds is 12. The molecule has 6 N–H and O–H groups in total. The highest BCUT2D eigenvalue weighted by molar-refractivity contribution is 6.02. The number of para-hydroxylation sites is 1. The predicted octanol–water partition coefficient (Wildman–Crippen LogP) is 0.232. The number of nitrogens with zero attached hydrogens (tertiary/aromatic N) is 1. The smallest absolute Gasteiger partial charge is 0.407 e. The standard InChI is InChI=1S/C22H30N4O8/c1-34-22(33)25-14(7-4-5-11-23)19(28)24-15(20(29)30)9-10-18(27)26-16-8-3-2-6-13(16)12-17(26)21(31)32/h2-3,6,8,14-15,17H,4-5,7,9-12,23H2,1H3,(H,24,28)(H,25,33)(H,29,30)(H,31,32)/t14-,15+,17-/m0/s1. The first-order valence-corrected chi connectivity index (χ1v) is 10.9. The number of carboxylic acid groups (broad SMARTS) is 2. The Bertz CT molecular complexity index is 922. The number of carbonyl (C=O) groups excluding carboxylic acids is 3. The summed E-state index contributed by atoms with van der Waals surface area (Å²) in [5.74, 6) is -3.83. The molecule has 0 saturated heterocycles. The molecule has 1 aromatic rings. The van der Waals surface area contributed by atoms with Gasteiger partial charge in [0, 0.05) is 18.5 Å². The molecule has 0 fully saturated rings. The first-order valence-electron chi connectivity index (χ1n) is 10.9. The average molecular weight is 479 g/mol. The van der Waals surface area contributed by atoms with Crippen LogP contribution in [0, 0.1) is 0 Å². The Balaban J connectivity index is 2.06. The van der Waals surface area contributed by atoms with Gasteiger partial charge >= 0.3 is 18.0 Å². The number of carbonyl (C=O) groups is 5. The zero-order chi connectivity index (χ0) is 25.3. The summed E-state index contributed by atoms with van der Waals surface area (Å²) in [6.45, 7) is 0.392. The number of hydrogen-bond donors (Lipinski definition) is 5. The molecule has 1 heterocycles. The van der Waals surface area contributed by atoms with E-state index in [2.05, 4.69) is 15.4 Å². The van der Waals surface area contributed by atoms with Crippen LogP contribution in [0.2, 0.25) is 0 Å². The van der Waals surface area contributed by atoms with Gasteiger partial charge in [0.05, 0.1) is 7.11 Å². The van der Waals surface area contributed by atoms with Crippen LogP contribution in [0.1, 0.15) is 37.7 Å². The van der Waals surface area contributed by atoms with Crippen molar-refractivity contribution in [3.05, 3.63) is 29.8 Å². The van der Waals surface area contributed by atoms with Crippen LogP contribution in [-0.4, -0.2) is 71.8 Å². The summed E-state index contributed by atoms with van der Waals surface area (Å²) in [6, 6.07) is 3.25. The van der Waals surface area contributed by atoms with Gasteiger partial charge in [-0.3, -0.25) is 14.5 Å². The molecular weight excluding hydrogens is 448 g/mol. The van der Waals surface area contributed by atoms with Gasteiger partial charge in [-0.1, -0.05) is 18.2 Å². The number of nitrogens with one attached hydrogen (secondary N) is 2. The van der Waals surface area contributed by atoms with Crippen LogP contribution >= 0.6 is 0 Å². The van der Waals surface area contributed by atoms with Crippen molar-refractivity contribution in [3.8, 4) is 0 Å². The first kappa shape index (κ1) is 26.6. The normalized spacial score (nSPS) is 16.2. The quantitative estimate of drug-likeness (QED) is 0.262. The third kappa shape index (κ3) is 6.91. The second-order valence-corrected chi connectivity index (χ2v) is 7.86. The fourth-order valence-corrected chi connectivity index (χ4v) is 3.77. The summed E-state index contributed by atoms with van der Waals surface area (Å²) >= 11 is 0. The molecule has 12 nitrogen and oxygen atoms in total. The van der Waals surface area contributed by atoms with Crippen LogP contribution in [0.25, 0.3) is 0 Å². The Morgan fingerprint density at radius 2 is 1.79 bits per heavy atom. The van der Waals surface area contributed by atoms with E-state index in [1.54, 1.807) is 24.3 Å². The Kier molecular flexibility index (Phi) is 9.80. The van der Waals surface area contributed by atoms with E-state index < -0.39 is 48.0 Å². The van der Waals surface area contributed by atoms with Crippen LogP contribution in [0.4, 0.5) is 10.5 Å². The Hall–Kier alpha value is -3.67. The van der Waals surface area contributed by atoms with E-state index in [1.165, 1.54) is 0 Å². The number of fused-ring (bicyclic) bond motifs is 1. The van der Waals surface area contributed by atoms with Crippen molar-refractivity contribution in [2.45, 2.75) is 56.7 Å². The highest BCUT2D eigenvalue weighted by Gasteiger charge is 2.38. The van der Waals surface area contributed by atoms with Crippen molar-refractivity contribution in [3.63, 3.8) is 0 Å². The average Bonchev–Trinajstić information content (AvgIpc) is 3.20. The molecule has 0 spiro atoms. The third-order valence-corrected chi connectivity index (χ3v) is 5.53. The van der Waals surface area contributed by atoms with Gasteiger partial charge in [-0.25, -0.2) is 14.4 Å². The second kappa shape index (κ2) is 12.5. The van der Waals surface area contributed by atoms with E-state index in [4.69, 9.17) is 5.73 Å². The molecule has 2 rings (SSSR count). The van der Waals surface area contributed by atoms with Crippen molar-refractivity contribution in [1.82, 2.24) is 10.6 Å². The Morgan fingerprint density at radius 3 is 2.41 bits per heavy atom. The molecule has 3 amide bonds. The first-order chi connectivity index (χ1) is 16.2. The zero-order valence-corrected chi connectivity index (χ0v) is 18.9. The van der Waals surface area contributed by atoms with Crippen molar-refractivity contribution < 1.29 is 38.9 Å². The number of carboxylic acids is 2. The van der Waals surface area contributed by atoms with E-state index in [0.29, 0.717) is 30.6 Å². The molecule has 1 aliphatic rings. The van der Waals surface area contributed by atoms with E-state index >= 15 is 0 Å². The number of nitrogens with two attached hydrogens (primary N) is 1. The van der Waals surface area contributed by atoms with E-state index in [0.717, 1.165) is 12.0 Å². The minimum Gasteiger partial charge on any atom is -0.480 e. The van der Waals surface area contributed by atoms with Crippen molar-refractivity contribution in [2.75, 3.05) is 18.6 Å². The number of ether oxygens (including phenoxy) is 1. The Morgan fingerprint density at radius 1 is 1.09 bits per heavy atom. The largest absolute Gasteiger partial charge is 0.480 e. The van der Waals surface area contributed by atoms with Gasteiger partial charge in [-0.05, 0) is 43.9 Å². The number of benzene rings is 1. The maximum absolute atomic E-state index is 12.9. The summed E-state index contributed by atoms with van der Waals surface area (Å²) in [5, 5.41) is 23.8. The summed E-state index contributed by atoms with van der Waals surface area (Å²) in [5.41, 5.74) is 6.63. The summed E-state index contributed by atoms with van der Waals surface area (Å²) < 4.78 is 4.51. The van der Waals surface area contributed by atoms with Gasteiger partial charge in [0.2, 0.25) is 11.8 Å². The molecule has 0 radical (unpaired) electrons. The van der Waals surface area contributed by atoms with Gasteiger partial charge in [0.15, 0.2) is 0 Å². The number of unbranched alkanes of at least 4 members (excludes halogenated alkanes) is 1. The highest BCUT2D eigenvalue weighted by atomic mass is 16.5. The lowest BCUT2D eigenvalue weighted by Crippen LogP contribution is -2.52. The van der Waals surface area contributed by atoms with E-state index in [9.17, 15) is 34.2 Å². The lowest BCUT2D eigenvalue weighted by atomic mass is 10.1. The van der Waals surface area contributed by atoms with E-state index in [-0.39, 0.29) is 25.7 Å². The van der Waals surface area contributed by atoms with Crippen LogP contribution in [0.5, 0.6) is 0 Å². The van der Waals surface area contributed by atoms with Gasteiger partial charge < -0.3 is 31.3 Å². The molecule has 1 aliphatic heterocycles. The van der Waals surface area contributed by atoms with Gasteiger partial charge in [0.1, 0.15) is 18.1 Å². The lowest BCUT2D eigenvalue weighted by Gasteiger charge is -2.24. The van der Waals surface area contributed by atoms with E-state index in [1.807, 2.05) is 0 Å². The second-order valence-electron chi connectivity index (χ2n) is 7.86. The number of hydrogen-bond acceptors (Lipinski definition) is 7. The van der Waals surface area contributed by atoms with Crippen LogP contribution in [-0.2, 0) is 30.3 Å². The SMILES string of the molecule is COC(=O)N[C@@H](CCCCN)C(=O)N[C@H](CCC(=O)N1c2ccccc2C[C@H]1C(=O)O)C(=O)O. The molecule has 0 aromatic heterocycles. The molecule has 34 heavy (non-hydrogen) atoms. The fraction of sp³-hybridized carbons (Fsp3) is 0.500. The molecule has 0 saturated carbocycles. The van der Waals surface area contributed by atoms with Crippen molar-refractivity contribution >= 4 is 35.5 Å². The summed E-state index contributed by atoms with van der Waals surface area (Å²) in [6.07, 6.45) is 0.0675. The van der Waals surface area contributed by atoms with Gasteiger partial charge in [-0.15, -0.1) is 0 Å². The van der Waals surface area contributed by atoms with Crippen LogP contribution in [0.3, 0.4) is 0 Å². The molecule has 0 unspecified atom stereocenters. The summed E-state index contributed by atoms with van der Waals surface area (Å²) in [7, 11) is 1.14. The number of anilines is 1.